The molecule has 1 aliphatic rings. The molecule has 1 aliphatic heterocycles. The van der Waals surface area contributed by atoms with E-state index in [4.69, 9.17) is 16.5 Å². The molecule has 11 heavy (non-hydrogen) atoms. The van der Waals surface area contributed by atoms with Gasteiger partial charge in [-0.05, 0) is 12.8 Å². The highest BCUT2D eigenvalue weighted by atomic mass is 35.5. The van der Waals surface area contributed by atoms with E-state index in [1.807, 2.05) is 0 Å². The van der Waals surface area contributed by atoms with E-state index >= 15 is 0 Å². The Hall–Kier alpha value is 0.400. The molecule has 2 unspecified atom stereocenters. The molecule has 4 nitrogen and oxygen atoms in total. The maximum absolute atomic E-state index is 10.7. The van der Waals surface area contributed by atoms with Crippen molar-refractivity contribution in [2.45, 2.75) is 18.9 Å². The van der Waals surface area contributed by atoms with Crippen molar-refractivity contribution in [2.24, 2.45) is 0 Å². The third-order valence-corrected chi connectivity index (χ3v) is 2.67. The number of phosphoric acid groups is 1. The Kier molecular flexibility index (Phi) is 3.34. The van der Waals surface area contributed by atoms with Crippen molar-refractivity contribution in [1.29, 1.82) is 0 Å². The minimum Gasteiger partial charge on any atom is -0.302 e. The standard InChI is InChI=1S/C5H10ClO4P/c6-3-1-2-5-4-9-11(7,8)10-5/h5H,1-4H2,(H,7,8). The van der Waals surface area contributed by atoms with Crippen LogP contribution in [-0.2, 0) is 13.6 Å². The second-order valence-corrected chi connectivity index (χ2v) is 4.11. The lowest BCUT2D eigenvalue weighted by molar-refractivity contribution is 0.204. The summed E-state index contributed by atoms with van der Waals surface area (Å²) < 4.78 is 19.8. The first-order valence-electron chi connectivity index (χ1n) is 3.36. The summed E-state index contributed by atoms with van der Waals surface area (Å²) in [5, 5.41) is 0. The van der Waals surface area contributed by atoms with E-state index in [1.54, 1.807) is 0 Å². The van der Waals surface area contributed by atoms with Crippen molar-refractivity contribution >= 4 is 19.4 Å². The highest BCUT2D eigenvalue weighted by Gasteiger charge is 2.34. The van der Waals surface area contributed by atoms with Crippen LogP contribution in [0.3, 0.4) is 0 Å². The van der Waals surface area contributed by atoms with Gasteiger partial charge in [-0.3, -0.25) is 9.05 Å². The quantitative estimate of drug-likeness (QED) is 0.554. The molecule has 0 aromatic carbocycles. The zero-order chi connectivity index (χ0) is 8.32. The minimum atomic E-state index is -3.68. The molecule has 0 amide bonds. The van der Waals surface area contributed by atoms with Gasteiger partial charge in [-0.25, -0.2) is 4.57 Å². The normalized spacial score (nSPS) is 37.8. The second-order valence-electron chi connectivity index (χ2n) is 2.32. The van der Waals surface area contributed by atoms with E-state index < -0.39 is 7.82 Å². The van der Waals surface area contributed by atoms with Gasteiger partial charge < -0.3 is 4.89 Å². The topological polar surface area (TPSA) is 55.8 Å². The fourth-order valence-electron chi connectivity index (χ4n) is 0.867. The molecule has 1 heterocycles. The van der Waals surface area contributed by atoms with Crippen molar-refractivity contribution in [3.05, 3.63) is 0 Å². The Labute approximate surface area is 70.1 Å². The molecule has 0 aliphatic carbocycles. The van der Waals surface area contributed by atoms with Crippen molar-refractivity contribution < 1.29 is 18.5 Å². The SMILES string of the molecule is O=P1(O)OCC(CCCCl)O1. The van der Waals surface area contributed by atoms with Crippen LogP contribution in [0.25, 0.3) is 0 Å². The van der Waals surface area contributed by atoms with E-state index in [-0.39, 0.29) is 12.7 Å². The molecule has 0 saturated carbocycles. The molecule has 1 fully saturated rings. The Bertz CT molecular complexity index is 174. The average molecular weight is 201 g/mol. The third-order valence-electron chi connectivity index (χ3n) is 1.37. The number of hydrogen-bond acceptors (Lipinski definition) is 3. The molecule has 0 aromatic heterocycles. The van der Waals surface area contributed by atoms with Crippen LogP contribution in [0.4, 0.5) is 0 Å². The highest BCUT2D eigenvalue weighted by Crippen LogP contribution is 2.50. The van der Waals surface area contributed by atoms with Gasteiger partial charge in [0.2, 0.25) is 0 Å². The lowest BCUT2D eigenvalue weighted by Crippen LogP contribution is -2.08. The van der Waals surface area contributed by atoms with Gasteiger partial charge in [0.25, 0.3) is 0 Å². The summed E-state index contributed by atoms with van der Waals surface area (Å²) in [5.41, 5.74) is 0. The van der Waals surface area contributed by atoms with Crippen LogP contribution in [0.1, 0.15) is 12.8 Å². The highest BCUT2D eigenvalue weighted by molar-refractivity contribution is 7.47. The van der Waals surface area contributed by atoms with E-state index in [2.05, 4.69) is 9.05 Å². The number of phosphoric ester groups is 1. The monoisotopic (exact) mass is 200 g/mol. The largest absolute Gasteiger partial charge is 0.472 e. The molecule has 0 bridgehead atoms. The smallest absolute Gasteiger partial charge is 0.302 e. The van der Waals surface area contributed by atoms with Crippen LogP contribution in [0.5, 0.6) is 0 Å². The molecule has 0 aromatic rings. The van der Waals surface area contributed by atoms with Crippen molar-refractivity contribution in [2.75, 3.05) is 12.5 Å². The van der Waals surface area contributed by atoms with Gasteiger partial charge in [-0.2, -0.15) is 0 Å². The maximum Gasteiger partial charge on any atom is 0.472 e. The van der Waals surface area contributed by atoms with Gasteiger partial charge in [0.1, 0.15) is 0 Å². The Morgan fingerprint density at radius 1 is 1.73 bits per heavy atom. The predicted molar refractivity (Wildman–Crippen MR) is 40.6 cm³/mol. The van der Waals surface area contributed by atoms with Gasteiger partial charge in [0, 0.05) is 5.88 Å². The maximum atomic E-state index is 10.7. The van der Waals surface area contributed by atoms with Crippen LogP contribution in [0.2, 0.25) is 0 Å². The molecular formula is C5H10ClO4P. The van der Waals surface area contributed by atoms with Gasteiger partial charge >= 0.3 is 7.82 Å². The Balaban J connectivity index is 2.25. The molecular weight excluding hydrogens is 190 g/mol. The summed E-state index contributed by atoms with van der Waals surface area (Å²) in [5.74, 6) is 0.537. The van der Waals surface area contributed by atoms with Crippen molar-refractivity contribution in [1.82, 2.24) is 0 Å². The van der Waals surface area contributed by atoms with Crippen LogP contribution < -0.4 is 0 Å². The third kappa shape index (κ3) is 3.09. The average Bonchev–Trinajstić information content (AvgIpc) is 2.26. The fourth-order valence-corrected chi connectivity index (χ4v) is 1.98. The van der Waals surface area contributed by atoms with Crippen LogP contribution in [0.15, 0.2) is 0 Å². The zero-order valence-electron chi connectivity index (χ0n) is 5.90. The molecule has 0 radical (unpaired) electrons. The van der Waals surface area contributed by atoms with Crippen molar-refractivity contribution in [3.63, 3.8) is 0 Å². The van der Waals surface area contributed by atoms with E-state index in [9.17, 15) is 4.57 Å². The summed E-state index contributed by atoms with van der Waals surface area (Å²) in [6.45, 7) is 0.199. The van der Waals surface area contributed by atoms with E-state index in [1.165, 1.54) is 0 Å². The van der Waals surface area contributed by atoms with E-state index in [0.29, 0.717) is 12.3 Å². The first kappa shape index (κ1) is 9.49. The van der Waals surface area contributed by atoms with E-state index in [0.717, 1.165) is 6.42 Å². The fraction of sp³-hybridized carbons (Fsp3) is 1.00. The summed E-state index contributed by atoms with van der Waals surface area (Å²) >= 11 is 5.42. The summed E-state index contributed by atoms with van der Waals surface area (Å²) in [6, 6.07) is 0. The number of halogens is 1. The van der Waals surface area contributed by atoms with Crippen LogP contribution in [-0.4, -0.2) is 23.5 Å². The molecule has 1 rings (SSSR count). The molecule has 0 spiro atoms. The van der Waals surface area contributed by atoms with Gasteiger partial charge in [0.15, 0.2) is 0 Å². The predicted octanol–water partition coefficient (Wildman–Crippen LogP) is 1.52. The second kappa shape index (κ2) is 3.87. The van der Waals surface area contributed by atoms with Crippen molar-refractivity contribution in [3.8, 4) is 0 Å². The number of hydrogen-bond donors (Lipinski definition) is 1. The molecule has 1 saturated heterocycles. The first-order chi connectivity index (χ1) is 5.14. The van der Waals surface area contributed by atoms with Gasteiger partial charge in [-0.15, -0.1) is 11.6 Å². The number of rotatable bonds is 3. The minimum absolute atomic E-state index is 0.199. The summed E-state index contributed by atoms with van der Waals surface area (Å²) in [4.78, 5) is 8.74. The molecule has 66 valence electrons. The number of alkyl halides is 1. The van der Waals surface area contributed by atoms with Gasteiger partial charge in [0.05, 0.1) is 12.7 Å². The zero-order valence-corrected chi connectivity index (χ0v) is 7.55. The van der Waals surface area contributed by atoms with Crippen LogP contribution in [0, 0.1) is 0 Å². The van der Waals surface area contributed by atoms with Gasteiger partial charge in [-0.1, -0.05) is 0 Å². The lowest BCUT2D eigenvalue weighted by atomic mass is 10.2. The molecule has 6 heteroatoms. The summed E-state index contributed by atoms with van der Waals surface area (Å²) in [7, 11) is -3.68. The summed E-state index contributed by atoms with van der Waals surface area (Å²) in [6.07, 6.45) is 1.19. The molecule has 1 N–H and O–H groups in total. The first-order valence-corrected chi connectivity index (χ1v) is 5.39. The Morgan fingerprint density at radius 2 is 2.45 bits per heavy atom. The lowest BCUT2D eigenvalue weighted by Gasteiger charge is -2.04. The van der Waals surface area contributed by atoms with Crippen LogP contribution >= 0.6 is 19.4 Å². The molecule has 2 atom stereocenters. The Morgan fingerprint density at radius 3 is 2.91 bits per heavy atom.